The molecule has 0 radical (unpaired) electrons. The first-order valence-corrected chi connectivity index (χ1v) is 8.62. The molecule has 7 heteroatoms. The first kappa shape index (κ1) is 17.8. The molecular weight excluding hydrogens is 330 g/mol. The third-order valence-electron chi connectivity index (χ3n) is 4.54. The van der Waals surface area contributed by atoms with Gasteiger partial charge < -0.3 is 24.8 Å². The van der Waals surface area contributed by atoms with Gasteiger partial charge >= 0.3 is 0 Å². The van der Waals surface area contributed by atoms with Crippen LogP contribution in [0.5, 0.6) is 5.75 Å². The van der Waals surface area contributed by atoms with Crippen LogP contribution < -0.4 is 20.3 Å². The van der Waals surface area contributed by atoms with Gasteiger partial charge in [0.25, 0.3) is 0 Å². The number of ether oxygens (including phenoxy) is 1. The van der Waals surface area contributed by atoms with Gasteiger partial charge in [0, 0.05) is 50.7 Å². The van der Waals surface area contributed by atoms with Crippen LogP contribution in [0, 0.1) is 0 Å². The van der Waals surface area contributed by atoms with E-state index in [1.54, 1.807) is 19.1 Å². The Kier molecular flexibility index (Phi) is 5.46. The lowest BCUT2D eigenvalue weighted by Crippen LogP contribution is -2.44. The zero-order valence-corrected chi connectivity index (χ0v) is 15.4. The number of methoxy groups -OCH3 is 1. The third kappa shape index (κ3) is 3.99. The van der Waals surface area contributed by atoms with E-state index in [0.717, 1.165) is 17.1 Å². The molecule has 0 saturated carbocycles. The van der Waals surface area contributed by atoms with E-state index in [0.29, 0.717) is 25.5 Å². The molecule has 1 aromatic heterocycles. The number of aryl methyl sites for hydroxylation is 1. The maximum absolute atomic E-state index is 12.4. The van der Waals surface area contributed by atoms with Crippen LogP contribution in [-0.2, 0) is 18.4 Å². The number of amides is 1. The van der Waals surface area contributed by atoms with Gasteiger partial charge in [-0.05, 0) is 24.3 Å². The van der Waals surface area contributed by atoms with Gasteiger partial charge in [0.15, 0.2) is 5.96 Å². The summed E-state index contributed by atoms with van der Waals surface area (Å²) in [5.74, 6) is 1.52. The van der Waals surface area contributed by atoms with Gasteiger partial charge in [-0.1, -0.05) is 6.07 Å². The number of rotatable bonds is 5. The number of anilines is 1. The van der Waals surface area contributed by atoms with Crippen molar-refractivity contribution < 1.29 is 9.53 Å². The standard InChI is InChI=1S/C19H25N5O2/c1-20-19(21-12-16-7-5-9-23(16)2)22-14-10-18(25)24(13-14)15-6-4-8-17(11-15)26-3/h4-9,11,14H,10,12-13H2,1-3H3,(H2,20,21,22). The molecule has 1 aliphatic rings. The van der Waals surface area contributed by atoms with Crippen molar-refractivity contribution in [1.29, 1.82) is 0 Å². The van der Waals surface area contributed by atoms with Crippen LogP contribution in [0.2, 0.25) is 0 Å². The fourth-order valence-electron chi connectivity index (χ4n) is 3.07. The molecule has 1 aromatic carbocycles. The zero-order valence-electron chi connectivity index (χ0n) is 15.4. The van der Waals surface area contributed by atoms with Gasteiger partial charge in [-0.3, -0.25) is 9.79 Å². The average molecular weight is 355 g/mol. The first-order chi connectivity index (χ1) is 12.6. The maximum atomic E-state index is 12.4. The summed E-state index contributed by atoms with van der Waals surface area (Å²) >= 11 is 0. The number of hydrogen-bond donors (Lipinski definition) is 2. The second-order valence-electron chi connectivity index (χ2n) is 6.29. The molecule has 1 fully saturated rings. The Balaban J connectivity index is 1.59. The Morgan fingerprint density at radius 1 is 1.35 bits per heavy atom. The number of nitrogens with one attached hydrogen (secondary N) is 2. The summed E-state index contributed by atoms with van der Waals surface area (Å²) in [5, 5.41) is 6.64. The van der Waals surface area contributed by atoms with E-state index >= 15 is 0 Å². The van der Waals surface area contributed by atoms with Gasteiger partial charge in [0.05, 0.1) is 19.7 Å². The number of carbonyl (C=O) groups excluding carboxylic acids is 1. The normalized spacial score (nSPS) is 17.5. The molecule has 0 bridgehead atoms. The highest BCUT2D eigenvalue weighted by Gasteiger charge is 2.31. The predicted molar refractivity (Wildman–Crippen MR) is 102 cm³/mol. The highest BCUT2D eigenvalue weighted by molar-refractivity contribution is 5.97. The molecule has 26 heavy (non-hydrogen) atoms. The lowest BCUT2D eigenvalue weighted by molar-refractivity contribution is -0.117. The molecule has 138 valence electrons. The minimum atomic E-state index is 0.00770. The lowest BCUT2D eigenvalue weighted by Gasteiger charge is -2.19. The summed E-state index contributed by atoms with van der Waals surface area (Å²) in [6.07, 6.45) is 2.44. The first-order valence-electron chi connectivity index (χ1n) is 8.62. The van der Waals surface area contributed by atoms with Crippen molar-refractivity contribution in [2.75, 3.05) is 25.6 Å². The van der Waals surface area contributed by atoms with Crippen molar-refractivity contribution in [3.8, 4) is 5.75 Å². The summed E-state index contributed by atoms with van der Waals surface area (Å²) in [7, 11) is 5.36. The van der Waals surface area contributed by atoms with Crippen molar-refractivity contribution in [3.05, 3.63) is 48.3 Å². The van der Waals surface area contributed by atoms with Gasteiger partial charge in [-0.25, -0.2) is 0 Å². The monoisotopic (exact) mass is 355 g/mol. The molecule has 1 saturated heterocycles. The smallest absolute Gasteiger partial charge is 0.229 e. The predicted octanol–water partition coefficient (Wildman–Crippen LogP) is 1.50. The Morgan fingerprint density at radius 3 is 2.88 bits per heavy atom. The van der Waals surface area contributed by atoms with E-state index in [2.05, 4.69) is 26.3 Å². The third-order valence-corrected chi connectivity index (χ3v) is 4.54. The van der Waals surface area contributed by atoms with E-state index in [9.17, 15) is 4.79 Å². The van der Waals surface area contributed by atoms with Crippen LogP contribution >= 0.6 is 0 Å². The number of hydrogen-bond acceptors (Lipinski definition) is 3. The minimum Gasteiger partial charge on any atom is -0.497 e. The van der Waals surface area contributed by atoms with Crippen molar-refractivity contribution in [2.24, 2.45) is 12.0 Å². The van der Waals surface area contributed by atoms with E-state index in [1.165, 1.54) is 0 Å². The van der Waals surface area contributed by atoms with Gasteiger partial charge in [0.2, 0.25) is 5.91 Å². The second-order valence-corrected chi connectivity index (χ2v) is 6.29. The van der Waals surface area contributed by atoms with Gasteiger partial charge in [0.1, 0.15) is 5.75 Å². The zero-order chi connectivity index (χ0) is 18.5. The number of benzene rings is 1. The van der Waals surface area contributed by atoms with Crippen molar-refractivity contribution in [3.63, 3.8) is 0 Å². The highest BCUT2D eigenvalue weighted by Crippen LogP contribution is 2.25. The summed E-state index contributed by atoms with van der Waals surface area (Å²) in [6.45, 7) is 1.26. The topological polar surface area (TPSA) is 70.9 Å². The quantitative estimate of drug-likeness (QED) is 0.630. The molecule has 1 unspecified atom stereocenters. The van der Waals surface area contributed by atoms with E-state index in [4.69, 9.17) is 4.74 Å². The molecule has 1 atom stereocenters. The molecule has 2 aromatic rings. The molecule has 2 N–H and O–H groups in total. The van der Waals surface area contributed by atoms with Crippen molar-refractivity contribution >= 4 is 17.6 Å². The molecule has 7 nitrogen and oxygen atoms in total. The van der Waals surface area contributed by atoms with Gasteiger partial charge in [-0.15, -0.1) is 0 Å². The molecule has 0 spiro atoms. The number of guanidine groups is 1. The largest absolute Gasteiger partial charge is 0.497 e. The molecule has 0 aliphatic carbocycles. The Morgan fingerprint density at radius 2 is 2.19 bits per heavy atom. The Hall–Kier alpha value is -2.96. The van der Waals surface area contributed by atoms with Crippen LogP contribution in [0.4, 0.5) is 5.69 Å². The fourth-order valence-corrected chi connectivity index (χ4v) is 3.07. The van der Waals surface area contributed by atoms with Crippen molar-refractivity contribution in [1.82, 2.24) is 15.2 Å². The van der Waals surface area contributed by atoms with E-state index < -0.39 is 0 Å². The Bertz CT molecular complexity index is 799. The van der Waals surface area contributed by atoms with Crippen LogP contribution in [0.15, 0.2) is 47.6 Å². The summed E-state index contributed by atoms with van der Waals surface area (Å²) in [4.78, 5) is 18.5. The molecule has 2 heterocycles. The molecule has 1 amide bonds. The SMILES string of the molecule is CN=C(NCc1cccn1C)NC1CC(=O)N(c2cccc(OC)c2)C1. The second kappa shape index (κ2) is 7.95. The van der Waals surface area contributed by atoms with Crippen molar-refractivity contribution in [2.45, 2.75) is 19.0 Å². The van der Waals surface area contributed by atoms with Crippen LogP contribution in [0.1, 0.15) is 12.1 Å². The highest BCUT2D eigenvalue weighted by atomic mass is 16.5. The van der Waals surface area contributed by atoms with Gasteiger partial charge in [-0.2, -0.15) is 0 Å². The average Bonchev–Trinajstić information content (AvgIpc) is 3.23. The van der Waals surface area contributed by atoms with E-state index in [1.807, 2.05) is 43.6 Å². The number of aliphatic imine (C=N–C) groups is 1. The summed E-state index contributed by atoms with van der Waals surface area (Å²) in [6, 6.07) is 11.6. The maximum Gasteiger partial charge on any atom is 0.229 e. The summed E-state index contributed by atoms with van der Waals surface area (Å²) in [5.41, 5.74) is 2.01. The number of aromatic nitrogens is 1. The number of nitrogens with zero attached hydrogens (tertiary/aromatic N) is 3. The number of carbonyl (C=O) groups is 1. The lowest BCUT2D eigenvalue weighted by atomic mass is 10.2. The summed E-state index contributed by atoms with van der Waals surface area (Å²) < 4.78 is 7.31. The molecular formula is C19H25N5O2. The van der Waals surface area contributed by atoms with Crippen LogP contribution in [0.25, 0.3) is 0 Å². The van der Waals surface area contributed by atoms with Crippen LogP contribution in [0.3, 0.4) is 0 Å². The molecule has 3 rings (SSSR count). The Labute approximate surface area is 153 Å². The fraction of sp³-hybridized carbons (Fsp3) is 0.368. The van der Waals surface area contributed by atoms with E-state index in [-0.39, 0.29) is 11.9 Å². The molecule has 1 aliphatic heterocycles. The minimum absolute atomic E-state index is 0.00770. The van der Waals surface area contributed by atoms with Crippen LogP contribution in [-0.4, -0.2) is 43.2 Å².